The minimum absolute atomic E-state index is 0.402. The second-order valence-electron chi connectivity index (χ2n) is 6.39. The van der Waals surface area contributed by atoms with E-state index in [-0.39, 0.29) is 0 Å². The van der Waals surface area contributed by atoms with E-state index in [1.807, 2.05) is 6.07 Å². The van der Waals surface area contributed by atoms with Crippen molar-refractivity contribution in [3.63, 3.8) is 0 Å². The Morgan fingerprint density at radius 3 is 2.33 bits per heavy atom. The van der Waals surface area contributed by atoms with Gasteiger partial charge in [0, 0.05) is 55.6 Å². The molecule has 0 radical (unpaired) electrons. The van der Waals surface area contributed by atoms with Crippen molar-refractivity contribution >= 4 is 11.6 Å². The molecule has 1 saturated carbocycles. The first-order chi connectivity index (χ1) is 11.7. The maximum Gasteiger partial charge on any atom is 0.191 e. The summed E-state index contributed by atoms with van der Waals surface area (Å²) in [6, 6.07) is 7.05. The summed E-state index contributed by atoms with van der Waals surface area (Å²) in [7, 11) is 3.37. The minimum atomic E-state index is 0.402. The van der Waals surface area contributed by atoms with E-state index in [1.54, 1.807) is 14.2 Å². The third-order valence-electron chi connectivity index (χ3n) is 4.46. The molecule has 3 rings (SSSR count). The molecule has 6 heteroatoms. The summed E-state index contributed by atoms with van der Waals surface area (Å²) in [5.74, 6) is 2.60. The summed E-state index contributed by atoms with van der Waals surface area (Å²) in [6.07, 6.45) is 3.60. The Hall–Kier alpha value is -2.11. The Labute approximate surface area is 144 Å². The molecule has 1 aromatic rings. The molecular weight excluding hydrogens is 304 g/mol. The molecule has 1 aliphatic carbocycles. The van der Waals surface area contributed by atoms with Gasteiger partial charge in [0.2, 0.25) is 0 Å². The van der Waals surface area contributed by atoms with Crippen LogP contribution in [-0.4, -0.2) is 51.9 Å². The first kappa shape index (κ1) is 16.7. The molecule has 1 aliphatic heterocycles. The molecule has 0 aromatic heterocycles. The number of rotatable bonds is 6. The van der Waals surface area contributed by atoms with Gasteiger partial charge in [-0.1, -0.05) is 0 Å². The highest BCUT2D eigenvalue weighted by atomic mass is 16.5. The molecule has 1 atom stereocenters. The molecule has 2 aliphatic rings. The highest BCUT2D eigenvalue weighted by Crippen LogP contribution is 2.30. The van der Waals surface area contributed by atoms with Crippen molar-refractivity contribution < 1.29 is 9.47 Å². The second-order valence-corrected chi connectivity index (χ2v) is 6.39. The summed E-state index contributed by atoms with van der Waals surface area (Å²) in [6.45, 7) is 4.83. The number of hydrogen-bond donors (Lipinski definition) is 2. The molecule has 1 heterocycles. The van der Waals surface area contributed by atoms with Crippen LogP contribution in [0.15, 0.2) is 23.2 Å². The van der Waals surface area contributed by atoms with Crippen molar-refractivity contribution in [3.8, 4) is 11.5 Å². The third kappa shape index (κ3) is 4.24. The molecule has 6 nitrogen and oxygen atoms in total. The second kappa shape index (κ2) is 7.64. The number of ether oxygens (including phenoxy) is 2. The number of hydrogen-bond acceptors (Lipinski definition) is 4. The van der Waals surface area contributed by atoms with E-state index in [2.05, 4.69) is 39.6 Å². The van der Waals surface area contributed by atoms with Gasteiger partial charge in [0.1, 0.15) is 11.5 Å². The summed E-state index contributed by atoms with van der Waals surface area (Å²) in [5.41, 5.74) is 1.14. The molecule has 2 N–H and O–H groups in total. The van der Waals surface area contributed by atoms with Gasteiger partial charge < -0.3 is 25.0 Å². The fourth-order valence-corrected chi connectivity index (χ4v) is 2.99. The lowest BCUT2D eigenvalue weighted by Gasteiger charge is -2.21. The van der Waals surface area contributed by atoms with E-state index >= 15 is 0 Å². The van der Waals surface area contributed by atoms with Crippen LogP contribution in [0.25, 0.3) is 0 Å². The largest absolute Gasteiger partial charge is 0.497 e. The van der Waals surface area contributed by atoms with Crippen LogP contribution in [0, 0.1) is 0 Å². The van der Waals surface area contributed by atoms with E-state index < -0.39 is 0 Å². The molecule has 132 valence electrons. The van der Waals surface area contributed by atoms with Crippen molar-refractivity contribution in [1.29, 1.82) is 0 Å². The van der Waals surface area contributed by atoms with Crippen molar-refractivity contribution in [3.05, 3.63) is 18.2 Å². The van der Waals surface area contributed by atoms with Crippen molar-refractivity contribution in [1.82, 2.24) is 10.6 Å². The standard InChI is InChI=1S/C18H28N4O2/c1-4-19-18(20-13-5-6-13)21-14-7-8-22(12-14)15-9-16(23-2)11-17(10-15)24-3/h9-11,13-14H,4-8,12H2,1-3H3,(H2,19,20,21)/t14-/m1/s1. The van der Waals surface area contributed by atoms with Crippen LogP contribution in [0.3, 0.4) is 0 Å². The molecule has 0 spiro atoms. The van der Waals surface area contributed by atoms with Crippen LogP contribution >= 0.6 is 0 Å². The normalized spacial score (nSPS) is 20.9. The quantitative estimate of drug-likeness (QED) is 0.616. The zero-order valence-electron chi connectivity index (χ0n) is 14.8. The third-order valence-corrected chi connectivity index (χ3v) is 4.46. The van der Waals surface area contributed by atoms with Gasteiger partial charge in [0.05, 0.1) is 14.2 Å². The maximum atomic E-state index is 5.38. The summed E-state index contributed by atoms with van der Waals surface area (Å²) >= 11 is 0. The Morgan fingerprint density at radius 2 is 1.75 bits per heavy atom. The topological polar surface area (TPSA) is 58.1 Å². The highest BCUT2D eigenvalue weighted by molar-refractivity contribution is 5.81. The fourth-order valence-electron chi connectivity index (χ4n) is 2.99. The summed E-state index contributed by atoms with van der Waals surface area (Å²) in [4.78, 5) is 6.92. The van der Waals surface area contributed by atoms with Crippen LogP contribution in [0.4, 0.5) is 5.69 Å². The number of benzene rings is 1. The lowest BCUT2D eigenvalue weighted by Crippen LogP contribution is -2.45. The molecular formula is C18H28N4O2. The van der Waals surface area contributed by atoms with Gasteiger partial charge >= 0.3 is 0 Å². The van der Waals surface area contributed by atoms with Crippen LogP contribution < -0.4 is 25.0 Å². The van der Waals surface area contributed by atoms with E-state index in [1.165, 1.54) is 12.8 Å². The van der Waals surface area contributed by atoms with E-state index in [9.17, 15) is 0 Å². The van der Waals surface area contributed by atoms with Crippen LogP contribution in [-0.2, 0) is 0 Å². The van der Waals surface area contributed by atoms with Crippen molar-refractivity contribution in [2.45, 2.75) is 38.3 Å². The van der Waals surface area contributed by atoms with Gasteiger partial charge in [-0.15, -0.1) is 0 Å². The SMILES string of the molecule is CCN=C(NC1CC1)N[C@@H]1CCN(c2cc(OC)cc(OC)c2)C1. The average molecular weight is 332 g/mol. The Bertz CT molecular complexity index is 564. The monoisotopic (exact) mass is 332 g/mol. The maximum absolute atomic E-state index is 5.38. The molecule has 1 saturated heterocycles. The number of methoxy groups -OCH3 is 2. The van der Waals surface area contributed by atoms with Crippen LogP contribution in [0.5, 0.6) is 11.5 Å². The lowest BCUT2D eigenvalue weighted by molar-refractivity contribution is 0.394. The molecule has 24 heavy (non-hydrogen) atoms. The Balaban J connectivity index is 1.63. The van der Waals surface area contributed by atoms with Gasteiger partial charge in [-0.25, -0.2) is 0 Å². The van der Waals surface area contributed by atoms with Gasteiger partial charge in [0.15, 0.2) is 5.96 Å². The summed E-state index contributed by atoms with van der Waals surface area (Å²) < 4.78 is 10.8. The first-order valence-corrected chi connectivity index (χ1v) is 8.77. The number of anilines is 1. The number of guanidine groups is 1. The van der Waals surface area contributed by atoms with Gasteiger partial charge in [0.25, 0.3) is 0 Å². The van der Waals surface area contributed by atoms with Crippen LogP contribution in [0.2, 0.25) is 0 Å². The predicted molar refractivity (Wildman–Crippen MR) is 97.4 cm³/mol. The Morgan fingerprint density at radius 1 is 1.08 bits per heavy atom. The van der Waals surface area contributed by atoms with E-state index in [0.29, 0.717) is 12.1 Å². The van der Waals surface area contributed by atoms with Gasteiger partial charge in [-0.2, -0.15) is 0 Å². The van der Waals surface area contributed by atoms with E-state index in [4.69, 9.17) is 9.47 Å². The zero-order chi connectivity index (χ0) is 16.9. The van der Waals surface area contributed by atoms with Gasteiger partial charge in [-0.3, -0.25) is 4.99 Å². The molecule has 0 bridgehead atoms. The number of nitrogens with zero attached hydrogens (tertiary/aromatic N) is 2. The molecule has 0 amide bonds. The lowest BCUT2D eigenvalue weighted by atomic mass is 10.2. The van der Waals surface area contributed by atoms with Gasteiger partial charge in [-0.05, 0) is 26.2 Å². The predicted octanol–water partition coefficient (Wildman–Crippen LogP) is 2.00. The van der Waals surface area contributed by atoms with E-state index in [0.717, 1.165) is 49.2 Å². The number of nitrogens with one attached hydrogen (secondary N) is 2. The average Bonchev–Trinajstić information content (AvgIpc) is 3.29. The number of aliphatic imine (C=N–C) groups is 1. The minimum Gasteiger partial charge on any atom is -0.497 e. The molecule has 2 fully saturated rings. The Kier molecular flexibility index (Phi) is 5.33. The van der Waals surface area contributed by atoms with Crippen molar-refractivity contribution in [2.75, 3.05) is 38.8 Å². The summed E-state index contributed by atoms with van der Waals surface area (Å²) in [5, 5.41) is 7.07. The highest BCUT2D eigenvalue weighted by Gasteiger charge is 2.27. The first-order valence-electron chi connectivity index (χ1n) is 8.77. The fraction of sp³-hybridized carbons (Fsp3) is 0.611. The smallest absolute Gasteiger partial charge is 0.191 e. The van der Waals surface area contributed by atoms with Crippen molar-refractivity contribution in [2.24, 2.45) is 4.99 Å². The zero-order valence-corrected chi connectivity index (χ0v) is 14.8. The molecule has 0 unspecified atom stereocenters. The molecule has 1 aromatic carbocycles. The van der Waals surface area contributed by atoms with Crippen LogP contribution in [0.1, 0.15) is 26.2 Å².